The first-order valence-electron chi connectivity index (χ1n) is 10.2. The Kier molecular flexibility index (Phi) is 8.75. The van der Waals surface area contributed by atoms with Gasteiger partial charge in [0.1, 0.15) is 6.04 Å². The average molecular weight is 449 g/mol. The molecule has 6 heteroatoms. The van der Waals surface area contributed by atoms with E-state index in [9.17, 15) is 9.59 Å². The molecular formula is C24H30Cl2N2O2. The maximum absolute atomic E-state index is 13.3. The van der Waals surface area contributed by atoms with Gasteiger partial charge in [-0.3, -0.25) is 9.59 Å². The minimum Gasteiger partial charge on any atom is -0.354 e. The molecule has 0 fully saturated rings. The van der Waals surface area contributed by atoms with Crippen LogP contribution in [0, 0.1) is 19.8 Å². The third-order valence-corrected chi connectivity index (χ3v) is 5.64. The Bertz CT molecular complexity index is 912. The average Bonchev–Trinajstić information content (AvgIpc) is 2.67. The number of nitrogens with zero attached hydrogens (tertiary/aromatic N) is 1. The lowest BCUT2D eigenvalue weighted by molar-refractivity contribution is -0.140. The highest BCUT2D eigenvalue weighted by molar-refractivity contribution is 6.35. The van der Waals surface area contributed by atoms with Crippen LogP contribution in [0.1, 0.15) is 43.0 Å². The van der Waals surface area contributed by atoms with Crippen LogP contribution < -0.4 is 5.32 Å². The molecule has 0 saturated carbocycles. The lowest BCUT2D eigenvalue weighted by atomic mass is 10.0. The fourth-order valence-corrected chi connectivity index (χ4v) is 3.59. The van der Waals surface area contributed by atoms with Crippen LogP contribution in [-0.4, -0.2) is 29.3 Å². The standard InChI is InChI=1S/C24H30Cl2N2O2/c1-15(2)13-27-24(30)18(5)28(14-19-8-9-21(25)12-22(19)26)23(29)11-20-10-16(3)6-7-17(20)4/h6-10,12,15,18H,11,13-14H2,1-5H3,(H,27,30)/t18-/m1/s1. The molecule has 0 saturated heterocycles. The third-order valence-electron chi connectivity index (χ3n) is 5.05. The van der Waals surface area contributed by atoms with E-state index in [1.54, 1.807) is 30.0 Å². The summed E-state index contributed by atoms with van der Waals surface area (Å²) in [5, 5.41) is 3.93. The fraction of sp³-hybridized carbons (Fsp3) is 0.417. The molecule has 30 heavy (non-hydrogen) atoms. The summed E-state index contributed by atoms with van der Waals surface area (Å²) in [6.07, 6.45) is 0.223. The number of amides is 2. The zero-order valence-corrected chi connectivity index (χ0v) is 19.8. The molecule has 0 unspecified atom stereocenters. The molecule has 0 aliphatic rings. The largest absolute Gasteiger partial charge is 0.354 e. The highest BCUT2D eigenvalue weighted by Crippen LogP contribution is 2.24. The summed E-state index contributed by atoms with van der Waals surface area (Å²) < 4.78 is 0. The van der Waals surface area contributed by atoms with Gasteiger partial charge in [0, 0.05) is 23.1 Å². The molecule has 0 aliphatic heterocycles. The first kappa shape index (κ1) is 24.2. The molecule has 2 aromatic carbocycles. The van der Waals surface area contributed by atoms with Gasteiger partial charge < -0.3 is 10.2 Å². The van der Waals surface area contributed by atoms with Gasteiger partial charge in [0.25, 0.3) is 0 Å². The van der Waals surface area contributed by atoms with Crippen molar-refractivity contribution in [3.05, 3.63) is 68.7 Å². The van der Waals surface area contributed by atoms with Crippen LogP contribution in [0.2, 0.25) is 10.0 Å². The fourth-order valence-electron chi connectivity index (χ4n) is 3.12. The summed E-state index contributed by atoms with van der Waals surface area (Å²) in [4.78, 5) is 27.6. The number of nitrogens with one attached hydrogen (secondary N) is 1. The number of carbonyl (C=O) groups excluding carboxylic acids is 2. The van der Waals surface area contributed by atoms with Gasteiger partial charge in [0.2, 0.25) is 11.8 Å². The number of benzene rings is 2. The van der Waals surface area contributed by atoms with Crippen molar-refractivity contribution < 1.29 is 9.59 Å². The van der Waals surface area contributed by atoms with Crippen LogP contribution in [0.3, 0.4) is 0 Å². The molecule has 1 N–H and O–H groups in total. The quantitative estimate of drug-likeness (QED) is 0.591. The number of rotatable bonds is 8. The zero-order valence-electron chi connectivity index (χ0n) is 18.3. The molecule has 0 radical (unpaired) electrons. The van der Waals surface area contributed by atoms with E-state index >= 15 is 0 Å². The van der Waals surface area contributed by atoms with Gasteiger partial charge >= 0.3 is 0 Å². The van der Waals surface area contributed by atoms with Crippen molar-refractivity contribution in [1.82, 2.24) is 10.2 Å². The molecular weight excluding hydrogens is 419 g/mol. The van der Waals surface area contributed by atoms with Crippen LogP contribution in [0.15, 0.2) is 36.4 Å². The number of aryl methyl sites for hydroxylation is 2. The second kappa shape index (κ2) is 10.8. The van der Waals surface area contributed by atoms with Crippen molar-refractivity contribution in [1.29, 1.82) is 0 Å². The molecule has 1 atom stereocenters. The van der Waals surface area contributed by atoms with E-state index in [4.69, 9.17) is 23.2 Å². The third kappa shape index (κ3) is 6.75. The van der Waals surface area contributed by atoms with Crippen LogP contribution in [-0.2, 0) is 22.6 Å². The van der Waals surface area contributed by atoms with Gasteiger partial charge in [-0.1, -0.05) is 66.9 Å². The van der Waals surface area contributed by atoms with E-state index in [0.717, 1.165) is 22.3 Å². The Balaban J connectivity index is 2.30. The van der Waals surface area contributed by atoms with Crippen molar-refractivity contribution in [2.45, 2.75) is 53.6 Å². The Morgan fingerprint density at radius 2 is 1.70 bits per heavy atom. The Hall–Kier alpha value is -2.04. The summed E-state index contributed by atoms with van der Waals surface area (Å²) in [5.74, 6) is 0.0240. The summed E-state index contributed by atoms with van der Waals surface area (Å²) >= 11 is 12.4. The van der Waals surface area contributed by atoms with Crippen molar-refractivity contribution >= 4 is 35.0 Å². The van der Waals surface area contributed by atoms with Gasteiger partial charge in [-0.15, -0.1) is 0 Å². The summed E-state index contributed by atoms with van der Waals surface area (Å²) in [6, 6.07) is 10.6. The van der Waals surface area contributed by atoms with Crippen molar-refractivity contribution in [2.75, 3.05) is 6.54 Å². The number of halogens is 2. The van der Waals surface area contributed by atoms with Crippen LogP contribution >= 0.6 is 23.2 Å². The minimum absolute atomic E-state index is 0.123. The van der Waals surface area contributed by atoms with Gasteiger partial charge in [-0.2, -0.15) is 0 Å². The smallest absolute Gasteiger partial charge is 0.242 e. The predicted molar refractivity (Wildman–Crippen MR) is 124 cm³/mol. The monoisotopic (exact) mass is 448 g/mol. The van der Waals surface area contributed by atoms with Crippen LogP contribution in [0.4, 0.5) is 0 Å². The Morgan fingerprint density at radius 3 is 2.33 bits per heavy atom. The van der Waals surface area contributed by atoms with Gasteiger partial charge in [-0.25, -0.2) is 0 Å². The highest BCUT2D eigenvalue weighted by atomic mass is 35.5. The molecule has 2 amide bonds. The van der Waals surface area contributed by atoms with Crippen molar-refractivity contribution in [3.8, 4) is 0 Å². The van der Waals surface area contributed by atoms with Crippen molar-refractivity contribution in [2.24, 2.45) is 5.92 Å². The summed E-state index contributed by atoms with van der Waals surface area (Å²) in [5.41, 5.74) is 3.86. The maximum atomic E-state index is 13.3. The molecule has 2 aromatic rings. The predicted octanol–water partition coefficient (Wildman–Crippen LogP) is 5.34. The second-order valence-electron chi connectivity index (χ2n) is 8.18. The minimum atomic E-state index is -0.631. The lowest BCUT2D eigenvalue weighted by Crippen LogP contribution is -2.48. The first-order chi connectivity index (χ1) is 14.1. The summed E-state index contributed by atoms with van der Waals surface area (Å²) in [7, 11) is 0. The van der Waals surface area contributed by atoms with Crippen LogP contribution in [0.5, 0.6) is 0 Å². The Morgan fingerprint density at radius 1 is 1.00 bits per heavy atom. The molecule has 0 spiro atoms. The highest BCUT2D eigenvalue weighted by Gasteiger charge is 2.27. The van der Waals surface area contributed by atoms with Gasteiger partial charge in [0.05, 0.1) is 6.42 Å². The molecule has 0 bridgehead atoms. The normalized spacial score (nSPS) is 12.0. The van der Waals surface area contributed by atoms with Crippen LogP contribution in [0.25, 0.3) is 0 Å². The molecule has 0 heterocycles. The second-order valence-corrected chi connectivity index (χ2v) is 9.02. The first-order valence-corrected chi connectivity index (χ1v) is 10.9. The number of hydrogen-bond donors (Lipinski definition) is 1. The molecule has 0 aromatic heterocycles. The van der Waals surface area contributed by atoms with E-state index in [1.807, 2.05) is 45.9 Å². The molecule has 162 valence electrons. The maximum Gasteiger partial charge on any atom is 0.242 e. The van der Waals surface area contributed by atoms with Crippen molar-refractivity contribution in [3.63, 3.8) is 0 Å². The number of hydrogen-bond acceptors (Lipinski definition) is 2. The lowest BCUT2D eigenvalue weighted by Gasteiger charge is -2.29. The summed E-state index contributed by atoms with van der Waals surface area (Å²) in [6.45, 7) is 10.6. The molecule has 0 aliphatic carbocycles. The number of carbonyl (C=O) groups is 2. The van der Waals surface area contributed by atoms with Gasteiger partial charge in [-0.05, 0) is 55.5 Å². The Labute approximate surface area is 189 Å². The molecule has 4 nitrogen and oxygen atoms in total. The van der Waals surface area contributed by atoms with E-state index in [-0.39, 0.29) is 24.8 Å². The van der Waals surface area contributed by atoms with E-state index < -0.39 is 6.04 Å². The molecule has 2 rings (SSSR count). The van der Waals surface area contributed by atoms with Gasteiger partial charge in [0.15, 0.2) is 0 Å². The topological polar surface area (TPSA) is 49.4 Å². The van der Waals surface area contributed by atoms with E-state index in [2.05, 4.69) is 5.32 Å². The van der Waals surface area contributed by atoms with E-state index in [1.165, 1.54) is 0 Å². The van der Waals surface area contributed by atoms with E-state index in [0.29, 0.717) is 22.5 Å². The SMILES string of the molecule is Cc1ccc(C)c(CC(=O)N(Cc2ccc(Cl)cc2Cl)[C@H](C)C(=O)NCC(C)C)c1. The zero-order chi connectivity index (χ0) is 22.4.